The van der Waals surface area contributed by atoms with Gasteiger partial charge in [0.2, 0.25) is 5.95 Å². The van der Waals surface area contributed by atoms with E-state index in [-0.39, 0.29) is 36.0 Å². The van der Waals surface area contributed by atoms with Crippen LogP contribution in [0.1, 0.15) is 12.5 Å². The maximum absolute atomic E-state index is 12.7. The molecule has 14 heteroatoms. The Labute approximate surface area is 214 Å². The predicted octanol–water partition coefficient (Wildman–Crippen LogP) is 1.62. The number of H-pyrrole nitrogens is 1. The Morgan fingerprint density at radius 1 is 1.24 bits per heavy atom. The maximum atomic E-state index is 12.7. The number of aromatic amines is 1. The van der Waals surface area contributed by atoms with Gasteiger partial charge in [-0.05, 0) is 31.2 Å². The van der Waals surface area contributed by atoms with E-state index in [4.69, 9.17) is 9.47 Å². The second-order valence-electron chi connectivity index (χ2n) is 8.29. The largest absolute Gasteiger partial charge is 0.497 e. The van der Waals surface area contributed by atoms with Crippen LogP contribution in [0.15, 0.2) is 63.2 Å². The lowest BCUT2D eigenvalue weighted by atomic mass is 10.1. The normalized spacial score (nSPS) is 12.4. The van der Waals surface area contributed by atoms with E-state index in [2.05, 4.69) is 20.5 Å². The van der Waals surface area contributed by atoms with Gasteiger partial charge in [0, 0.05) is 24.7 Å². The average molecular weight is 524 g/mol. The molecule has 0 saturated heterocycles. The molecule has 2 heterocycles. The summed E-state index contributed by atoms with van der Waals surface area (Å²) in [6.07, 6.45) is -1.08. The molecule has 3 N–H and O–H groups in total. The number of nitrogens with zero attached hydrogens (tertiary/aromatic N) is 5. The third kappa shape index (κ3) is 5.54. The van der Waals surface area contributed by atoms with Crippen LogP contribution in [0.25, 0.3) is 11.2 Å². The number of aromatic nitrogens is 4. The molecule has 0 aliphatic carbocycles. The van der Waals surface area contributed by atoms with Crippen molar-refractivity contribution in [1.82, 2.24) is 19.1 Å². The van der Waals surface area contributed by atoms with Gasteiger partial charge in [-0.1, -0.05) is 12.1 Å². The lowest BCUT2D eigenvalue weighted by Gasteiger charge is -2.15. The molecule has 1 unspecified atom stereocenters. The van der Waals surface area contributed by atoms with E-state index in [0.29, 0.717) is 22.8 Å². The third-order valence-corrected chi connectivity index (χ3v) is 5.70. The molecule has 0 fully saturated rings. The van der Waals surface area contributed by atoms with Gasteiger partial charge < -0.3 is 19.1 Å². The van der Waals surface area contributed by atoms with Crippen LogP contribution in [-0.2, 0) is 13.6 Å². The van der Waals surface area contributed by atoms with Gasteiger partial charge in [-0.2, -0.15) is 10.1 Å². The van der Waals surface area contributed by atoms with Crippen LogP contribution in [0, 0.1) is 10.1 Å². The van der Waals surface area contributed by atoms with Gasteiger partial charge in [-0.15, -0.1) is 0 Å². The number of nitrogens with one attached hydrogen (secondary N) is 2. The number of rotatable bonds is 10. The first kappa shape index (κ1) is 26.1. The zero-order chi connectivity index (χ0) is 27.4. The third-order valence-electron chi connectivity index (χ3n) is 5.70. The quantitative estimate of drug-likeness (QED) is 0.158. The Hall–Kier alpha value is -4.98. The fourth-order valence-corrected chi connectivity index (χ4v) is 3.67. The molecule has 0 bridgehead atoms. The number of aryl methyl sites for hydroxylation is 1. The summed E-state index contributed by atoms with van der Waals surface area (Å²) in [7, 11) is 3.00. The summed E-state index contributed by atoms with van der Waals surface area (Å²) in [4.78, 5) is 42.0. The summed E-state index contributed by atoms with van der Waals surface area (Å²) in [5.74, 6) is 1.24. The minimum Gasteiger partial charge on any atom is -0.497 e. The van der Waals surface area contributed by atoms with E-state index >= 15 is 0 Å². The van der Waals surface area contributed by atoms with Crippen LogP contribution in [0.2, 0.25) is 0 Å². The number of non-ortho nitro benzene ring substituents is 1. The Morgan fingerprint density at radius 3 is 2.63 bits per heavy atom. The minimum atomic E-state index is -1.08. The zero-order valence-corrected chi connectivity index (χ0v) is 20.7. The molecule has 4 rings (SSSR count). The molecule has 0 saturated carbocycles. The number of nitro benzene ring substituents is 1. The number of imidazole rings is 1. The van der Waals surface area contributed by atoms with E-state index in [9.17, 15) is 24.8 Å². The Morgan fingerprint density at radius 2 is 1.95 bits per heavy atom. The van der Waals surface area contributed by atoms with Crippen molar-refractivity contribution < 1.29 is 19.5 Å². The van der Waals surface area contributed by atoms with Gasteiger partial charge in [0.05, 0.1) is 24.3 Å². The van der Waals surface area contributed by atoms with Crippen LogP contribution in [0.3, 0.4) is 0 Å². The molecule has 0 aliphatic heterocycles. The van der Waals surface area contributed by atoms with E-state index in [1.54, 1.807) is 44.4 Å². The van der Waals surface area contributed by atoms with Crippen LogP contribution in [-0.4, -0.2) is 54.7 Å². The first-order valence-electron chi connectivity index (χ1n) is 11.4. The number of fused-ring (bicyclic) bond motifs is 1. The number of hydrazone groups is 1. The molecule has 0 aliphatic rings. The van der Waals surface area contributed by atoms with Gasteiger partial charge in [0.25, 0.3) is 11.2 Å². The second-order valence-corrected chi connectivity index (χ2v) is 8.29. The van der Waals surface area contributed by atoms with E-state index < -0.39 is 22.3 Å². The Bertz CT molecular complexity index is 1620. The summed E-state index contributed by atoms with van der Waals surface area (Å²) < 4.78 is 13.3. The zero-order valence-electron chi connectivity index (χ0n) is 20.7. The molecule has 0 spiro atoms. The second kappa shape index (κ2) is 11.0. The number of anilines is 1. The average Bonchev–Trinajstić information content (AvgIpc) is 3.28. The van der Waals surface area contributed by atoms with E-state index in [0.717, 1.165) is 4.57 Å². The number of benzene rings is 2. The number of methoxy groups -OCH3 is 1. The van der Waals surface area contributed by atoms with Gasteiger partial charge in [-0.25, -0.2) is 10.2 Å². The van der Waals surface area contributed by atoms with Crippen molar-refractivity contribution in [2.24, 2.45) is 12.1 Å². The van der Waals surface area contributed by atoms with Gasteiger partial charge >= 0.3 is 5.69 Å². The highest BCUT2D eigenvalue weighted by molar-refractivity contribution is 5.99. The number of ether oxygens (including phenoxy) is 2. The van der Waals surface area contributed by atoms with Crippen molar-refractivity contribution in [3.63, 3.8) is 0 Å². The van der Waals surface area contributed by atoms with Crippen LogP contribution < -0.4 is 26.1 Å². The Balaban J connectivity index is 1.63. The molecule has 1 atom stereocenters. The van der Waals surface area contributed by atoms with Crippen molar-refractivity contribution >= 4 is 28.5 Å². The van der Waals surface area contributed by atoms with Gasteiger partial charge in [0.1, 0.15) is 24.2 Å². The van der Waals surface area contributed by atoms with Crippen molar-refractivity contribution in [3.05, 3.63) is 85.0 Å². The lowest BCUT2D eigenvalue weighted by molar-refractivity contribution is -0.384. The summed E-state index contributed by atoms with van der Waals surface area (Å²) >= 11 is 0. The smallest absolute Gasteiger partial charge is 0.329 e. The van der Waals surface area contributed by atoms with Crippen molar-refractivity contribution in [1.29, 1.82) is 0 Å². The first-order valence-corrected chi connectivity index (χ1v) is 11.4. The van der Waals surface area contributed by atoms with Crippen LogP contribution in [0.5, 0.6) is 11.5 Å². The van der Waals surface area contributed by atoms with Crippen LogP contribution >= 0.6 is 0 Å². The number of aliphatic hydroxyl groups excluding tert-OH is 1. The molecular weight excluding hydrogens is 498 g/mol. The first-order chi connectivity index (χ1) is 18.2. The number of hydrogen-bond acceptors (Lipinski definition) is 10. The van der Waals surface area contributed by atoms with Crippen molar-refractivity contribution in [2.75, 3.05) is 19.1 Å². The number of hydrogen-bond donors (Lipinski definition) is 3. The molecule has 0 amide bonds. The minimum absolute atomic E-state index is 0.0429. The molecule has 38 heavy (non-hydrogen) atoms. The van der Waals surface area contributed by atoms with Crippen molar-refractivity contribution in [2.45, 2.75) is 19.6 Å². The lowest BCUT2D eigenvalue weighted by Crippen LogP contribution is -2.30. The van der Waals surface area contributed by atoms with Gasteiger partial charge in [-0.3, -0.25) is 24.5 Å². The molecule has 4 aromatic rings. The predicted molar refractivity (Wildman–Crippen MR) is 139 cm³/mol. The molecule has 2 aromatic carbocycles. The fourth-order valence-electron chi connectivity index (χ4n) is 3.67. The summed E-state index contributed by atoms with van der Waals surface area (Å²) in [6, 6.07) is 12.8. The standard InChI is InChI=1S/C24H25N7O7/c1-14(15-5-4-6-16(11-15)31(35)36)27-28-23-25-21-20(22(33)26-24(34)29(21)2)30(23)12-17(32)13-38-19-9-7-18(37-3)8-10-19/h4-11,17,32H,12-13H2,1-3H3,(H,25,28)(H,26,33,34)/b27-14-. The summed E-state index contributed by atoms with van der Waals surface area (Å²) in [5.41, 5.74) is 2.33. The highest BCUT2D eigenvalue weighted by atomic mass is 16.6. The molecule has 14 nitrogen and oxygen atoms in total. The number of nitro groups is 1. The Kier molecular flexibility index (Phi) is 7.53. The molecule has 2 aromatic heterocycles. The molecule has 198 valence electrons. The monoisotopic (exact) mass is 523 g/mol. The van der Waals surface area contributed by atoms with Gasteiger partial charge in [0.15, 0.2) is 11.2 Å². The fraction of sp³-hybridized carbons (Fsp3) is 0.250. The maximum Gasteiger partial charge on any atom is 0.329 e. The summed E-state index contributed by atoms with van der Waals surface area (Å²) in [6.45, 7) is 1.41. The highest BCUT2D eigenvalue weighted by Crippen LogP contribution is 2.20. The van der Waals surface area contributed by atoms with E-state index in [1.165, 1.54) is 29.8 Å². The van der Waals surface area contributed by atoms with Crippen molar-refractivity contribution in [3.8, 4) is 11.5 Å². The SMILES string of the molecule is COc1ccc(OCC(O)Cn2c(N/N=C(/C)c3cccc([N+](=O)[O-])c3)nc3c2c(=O)[nH]c(=O)n3C)cc1. The number of aliphatic hydroxyl groups is 1. The van der Waals surface area contributed by atoms with Crippen LogP contribution in [0.4, 0.5) is 11.6 Å². The highest BCUT2D eigenvalue weighted by Gasteiger charge is 2.20. The molecular formula is C24H25N7O7. The van der Waals surface area contributed by atoms with E-state index in [1.807, 2.05) is 0 Å². The summed E-state index contributed by atoms with van der Waals surface area (Å²) in [5, 5.41) is 26.1. The topological polar surface area (TPSA) is 179 Å². The molecule has 0 radical (unpaired) electrons.